The van der Waals surface area contributed by atoms with Crippen LogP contribution in [0.5, 0.6) is 0 Å². The molecule has 2 N–H and O–H groups in total. The summed E-state index contributed by atoms with van der Waals surface area (Å²) in [5.41, 5.74) is 1.10. The highest BCUT2D eigenvalue weighted by atomic mass is 32.2. The Balaban J connectivity index is 1.35. The van der Waals surface area contributed by atoms with Gasteiger partial charge in [0.15, 0.2) is 0 Å². The lowest BCUT2D eigenvalue weighted by Gasteiger charge is -2.08. The van der Waals surface area contributed by atoms with Gasteiger partial charge in [0.05, 0.1) is 0 Å². The number of aromatic nitrogens is 1. The molecule has 2 saturated carbocycles. The Bertz CT molecular complexity index is 849. The fraction of sp³-hybridized carbons (Fsp3) is 0.389. The smallest absolute Gasteiger partial charge is 0.242 e. The highest BCUT2D eigenvalue weighted by Crippen LogP contribution is 2.42. The fourth-order valence-electron chi connectivity index (χ4n) is 2.88. The summed E-state index contributed by atoms with van der Waals surface area (Å²) in [6.45, 7) is 0.504. The monoisotopic (exact) mass is 361 g/mol. The van der Waals surface area contributed by atoms with Crippen LogP contribution in [0.15, 0.2) is 47.5 Å². The van der Waals surface area contributed by atoms with Gasteiger partial charge in [0.1, 0.15) is 16.5 Å². The maximum Gasteiger partial charge on any atom is 0.242 e. The third kappa shape index (κ3) is 3.99. The molecule has 0 amide bonds. The first kappa shape index (κ1) is 16.5. The van der Waals surface area contributed by atoms with Crippen LogP contribution in [0.1, 0.15) is 30.7 Å². The minimum atomic E-state index is -3.48. The molecule has 0 unspecified atom stereocenters. The summed E-state index contributed by atoms with van der Waals surface area (Å²) in [6.07, 6.45) is 4.53. The number of benzene rings is 1. The molecule has 2 fully saturated rings. The topological polar surface area (TPSA) is 71.1 Å². The summed E-state index contributed by atoms with van der Waals surface area (Å²) in [5, 5.41) is 3.30. The van der Waals surface area contributed by atoms with Crippen LogP contribution in [0.2, 0.25) is 0 Å². The molecule has 0 saturated heterocycles. The molecule has 7 heteroatoms. The third-order valence-electron chi connectivity index (χ3n) is 4.73. The van der Waals surface area contributed by atoms with Crippen molar-refractivity contribution in [2.45, 2.75) is 36.1 Å². The summed E-state index contributed by atoms with van der Waals surface area (Å²) in [5.74, 6) is 1.24. The van der Waals surface area contributed by atoms with E-state index in [1.807, 2.05) is 0 Å². The van der Waals surface area contributed by atoms with Crippen LogP contribution in [0.25, 0.3) is 0 Å². The van der Waals surface area contributed by atoms with E-state index in [9.17, 15) is 12.8 Å². The maximum atomic E-state index is 13.0. The Kier molecular flexibility index (Phi) is 4.21. The van der Waals surface area contributed by atoms with Crippen molar-refractivity contribution in [3.63, 3.8) is 0 Å². The van der Waals surface area contributed by atoms with E-state index >= 15 is 0 Å². The number of hydrogen-bond donors (Lipinski definition) is 2. The van der Waals surface area contributed by atoms with Gasteiger partial charge in [-0.2, -0.15) is 0 Å². The van der Waals surface area contributed by atoms with Crippen LogP contribution < -0.4 is 10.0 Å². The average molecular weight is 361 g/mol. The zero-order valence-electron chi connectivity index (χ0n) is 13.7. The predicted molar refractivity (Wildman–Crippen MR) is 93.3 cm³/mol. The van der Waals surface area contributed by atoms with Gasteiger partial charge in [-0.25, -0.2) is 22.5 Å². The van der Waals surface area contributed by atoms with Gasteiger partial charge in [-0.1, -0.05) is 12.1 Å². The second-order valence-electron chi connectivity index (χ2n) is 6.82. The molecule has 132 valence electrons. The minimum absolute atomic E-state index is 0.185. The van der Waals surface area contributed by atoms with Crippen LogP contribution in [0, 0.1) is 11.7 Å². The standard InChI is InChI=1S/C18H20FN3O2S/c19-14-5-3-13(4-6-14)16-9-17(16)22-18-8-7-15(11-20-18)25(23,24)21-10-12-1-2-12/h3-8,11-12,16-17,21H,1-2,9-10H2,(H,20,22)/t16-,17+/m0/s1. The molecule has 5 nitrogen and oxygen atoms in total. The van der Waals surface area contributed by atoms with Crippen LogP contribution in [0.4, 0.5) is 10.2 Å². The van der Waals surface area contributed by atoms with E-state index in [-0.39, 0.29) is 16.8 Å². The Morgan fingerprint density at radius 1 is 1.12 bits per heavy atom. The van der Waals surface area contributed by atoms with Crippen molar-refractivity contribution in [3.05, 3.63) is 54.0 Å². The van der Waals surface area contributed by atoms with Crippen LogP contribution in [-0.4, -0.2) is 26.0 Å². The number of nitrogens with zero attached hydrogens (tertiary/aromatic N) is 1. The van der Waals surface area contributed by atoms with E-state index in [0.717, 1.165) is 24.8 Å². The van der Waals surface area contributed by atoms with Gasteiger partial charge in [0, 0.05) is 24.7 Å². The largest absolute Gasteiger partial charge is 0.367 e. The number of nitrogens with one attached hydrogen (secondary N) is 2. The van der Waals surface area contributed by atoms with E-state index in [2.05, 4.69) is 15.0 Å². The molecule has 2 aromatic rings. The maximum absolute atomic E-state index is 13.0. The molecular formula is C18H20FN3O2S. The molecule has 2 aliphatic rings. The van der Waals surface area contributed by atoms with Gasteiger partial charge in [0.2, 0.25) is 10.0 Å². The second-order valence-corrected chi connectivity index (χ2v) is 8.59. The summed E-state index contributed by atoms with van der Waals surface area (Å²) < 4.78 is 39.9. The number of pyridine rings is 1. The molecule has 1 aromatic heterocycles. The Morgan fingerprint density at radius 3 is 2.52 bits per heavy atom. The summed E-state index contributed by atoms with van der Waals surface area (Å²) >= 11 is 0. The zero-order valence-corrected chi connectivity index (χ0v) is 14.5. The molecule has 2 atom stereocenters. The first-order valence-electron chi connectivity index (χ1n) is 8.49. The normalized spacial score (nSPS) is 22.6. The van der Waals surface area contributed by atoms with Crippen molar-refractivity contribution in [1.82, 2.24) is 9.71 Å². The molecule has 4 rings (SSSR count). The van der Waals surface area contributed by atoms with Crippen LogP contribution >= 0.6 is 0 Å². The first-order valence-corrected chi connectivity index (χ1v) is 9.97. The summed E-state index contributed by atoms with van der Waals surface area (Å²) in [7, 11) is -3.48. The van der Waals surface area contributed by atoms with Crippen molar-refractivity contribution in [3.8, 4) is 0 Å². The van der Waals surface area contributed by atoms with E-state index in [1.54, 1.807) is 24.3 Å². The highest BCUT2D eigenvalue weighted by Gasteiger charge is 2.38. The summed E-state index contributed by atoms with van der Waals surface area (Å²) in [4.78, 5) is 4.40. The molecule has 2 aliphatic carbocycles. The van der Waals surface area contributed by atoms with E-state index in [1.165, 1.54) is 18.3 Å². The van der Waals surface area contributed by atoms with Crippen molar-refractivity contribution in [2.75, 3.05) is 11.9 Å². The number of hydrogen-bond acceptors (Lipinski definition) is 4. The van der Waals surface area contributed by atoms with Crippen molar-refractivity contribution < 1.29 is 12.8 Å². The molecular weight excluding hydrogens is 341 g/mol. The Morgan fingerprint density at radius 2 is 1.88 bits per heavy atom. The van der Waals surface area contributed by atoms with Gasteiger partial charge in [-0.3, -0.25) is 0 Å². The highest BCUT2D eigenvalue weighted by molar-refractivity contribution is 7.89. The van der Waals surface area contributed by atoms with Crippen molar-refractivity contribution in [2.24, 2.45) is 5.92 Å². The lowest BCUT2D eigenvalue weighted by Crippen LogP contribution is -2.26. The fourth-order valence-corrected chi connectivity index (χ4v) is 3.94. The Labute approximate surface area is 146 Å². The first-order chi connectivity index (χ1) is 12.0. The molecule has 0 spiro atoms. The quantitative estimate of drug-likeness (QED) is 0.795. The molecule has 0 radical (unpaired) electrons. The van der Waals surface area contributed by atoms with Crippen molar-refractivity contribution in [1.29, 1.82) is 0 Å². The lowest BCUT2D eigenvalue weighted by molar-refractivity contribution is 0.577. The van der Waals surface area contributed by atoms with Gasteiger partial charge >= 0.3 is 0 Å². The Hall–Kier alpha value is -1.99. The number of anilines is 1. The zero-order chi connectivity index (χ0) is 17.4. The third-order valence-corrected chi connectivity index (χ3v) is 6.14. The second kappa shape index (κ2) is 6.38. The minimum Gasteiger partial charge on any atom is -0.367 e. The number of halogens is 1. The molecule has 1 aromatic carbocycles. The summed E-state index contributed by atoms with van der Waals surface area (Å²) in [6, 6.07) is 10.0. The van der Waals surface area contributed by atoms with Gasteiger partial charge in [0.25, 0.3) is 0 Å². The van der Waals surface area contributed by atoms with Crippen molar-refractivity contribution >= 4 is 15.8 Å². The van der Waals surface area contributed by atoms with E-state index < -0.39 is 10.0 Å². The van der Waals surface area contributed by atoms with Gasteiger partial charge in [-0.15, -0.1) is 0 Å². The molecule has 0 bridgehead atoms. The average Bonchev–Trinajstić information content (AvgIpc) is 3.50. The number of rotatable bonds is 7. The number of sulfonamides is 1. The van der Waals surface area contributed by atoms with Gasteiger partial charge in [-0.05, 0) is 55.0 Å². The van der Waals surface area contributed by atoms with Crippen LogP contribution in [-0.2, 0) is 10.0 Å². The molecule has 25 heavy (non-hydrogen) atoms. The molecule has 1 heterocycles. The SMILES string of the molecule is O=S(=O)(NCC1CC1)c1ccc(N[C@@H]2C[C@H]2c2ccc(F)cc2)nc1. The molecule has 0 aliphatic heterocycles. The van der Waals surface area contributed by atoms with E-state index in [4.69, 9.17) is 0 Å². The van der Waals surface area contributed by atoms with Crippen LogP contribution in [0.3, 0.4) is 0 Å². The van der Waals surface area contributed by atoms with Gasteiger partial charge < -0.3 is 5.32 Å². The lowest BCUT2D eigenvalue weighted by atomic mass is 10.1. The van der Waals surface area contributed by atoms with E-state index in [0.29, 0.717) is 24.2 Å². The predicted octanol–water partition coefficient (Wildman–Crippen LogP) is 2.88.